The van der Waals surface area contributed by atoms with Crippen LogP contribution in [-0.4, -0.2) is 70.8 Å². The number of hydrogen-bond donors (Lipinski definition) is 2. The number of amides is 4. The molecule has 1 aliphatic carbocycles. The first-order chi connectivity index (χ1) is 19.8. The second kappa shape index (κ2) is 12.5. The van der Waals surface area contributed by atoms with Gasteiger partial charge in [0.1, 0.15) is 12.1 Å². The first kappa shape index (κ1) is 28.9. The van der Waals surface area contributed by atoms with Crippen LogP contribution in [0.4, 0.5) is 5.69 Å². The molecule has 0 aromatic heterocycles. The van der Waals surface area contributed by atoms with Crippen molar-refractivity contribution in [3.63, 3.8) is 0 Å². The fourth-order valence-corrected chi connectivity index (χ4v) is 6.58. The van der Waals surface area contributed by atoms with Gasteiger partial charge < -0.3 is 25.8 Å². The highest BCUT2D eigenvalue weighted by molar-refractivity contribution is 6.30. The fourth-order valence-electron chi connectivity index (χ4n) is 6.45. The van der Waals surface area contributed by atoms with Gasteiger partial charge in [-0.05, 0) is 61.9 Å². The van der Waals surface area contributed by atoms with Crippen molar-refractivity contribution < 1.29 is 19.2 Å². The number of nitrogens with one attached hydrogen (secondary N) is 1. The van der Waals surface area contributed by atoms with Crippen LogP contribution in [0.1, 0.15) is 50.5 Å². The predicted octanol–water partition coefficient (Wildman–Crippen LogP) is 3.06. The number of hydrogen-bond acceptors (Lipinski definition) is 5. The number of anilines is 1. The molecule has 2 aromatic carbocycles. The van der Waals surface area contributed by atoms with Crippen molar-refractivity contribution in [2.45, 2.75) is 69.1 Å². The molecule has 1 saturated carbocycles. The van der Waals surface area contributed by atoms with Crippen molar-refractivity contribution in [2.75, 3.05) is 24.5 Å². The van der Waals surface area contributed by atoms with Gasteiger partial charge in [0.2, 0.25) is 11.8 Å². The Hall–Kier alpha value is -3.59. The zero-order chi connectivity index (χ0) is 29.0. The van der Waals surface area contributed by atoms with E-state index in [4.69, 9.17) is 17.3 Å². The Labute approximate surface area is 246 Å². The number of carbonyl (C=O) groups is 4. The van der Waals surface area contributed by atoms with Crippen LogP contribution in [0.15, 0.2) is 54.6 Å². The van der Waals surface area contributed by atoms with E-state index in [9.17, 15) is 19.2 Å². The average molecular weight is 579 g/mol. The van der Waals surface area contributed by atoms with Gasteiger partial charge in [0.05, 0.1) is 6.42 Å². The van der Waals surface area contributed by atoms with E-state index in [1.165, 1.54) is 4.90 Å². The first-order valence-electron chi connectivity index (χ1n) is 14.4. The van der Waals surface area contributed by atoms with Crippen LogP contribution in [0.3, 0.4) is 0 Å². The molecule has 0 unspecified atom stereocenters. The van der Waals surface area contributed by atoms with Gasteiger partial charge in [0, 0.05) is 29.8 Å². The van der Waals surface area contributed by atoms with E-state index in [2.05, 4.69) is 5.32 Å². The smallest absolute Gasteiger partial charge is 0.261 e. The summed E-state index contributed by atoms with van der Waals surface area (Å²) in [4.78, 5) is 58.1. The van der Waals surface area contributed by atoms with Gasteiger partial charge in [-0.1, -0.05) is 61.2 Å². The molecule has 1 radical (unpaired) electrons. The van der Waals surface area contributed by atoms with Gasteiger partial charge in [-0.2, -0.15) is 0 Å². The Morgan fingerprint density at radius 1 is 0.976 bits per heavy atom. The highest BCUT2D eigenvalue weighted by Crippen LogP contribution is 2.42. The summed E-state index contributed by atoms with van der Waals surface area (Å²) in [7, 11) is 0. The third kappa shape index (κ3) is 6.20. The number of likely N-dealkylation sites (tertiary alicyclic amines) is 1. The predicted molar refractivity (Wildman–Crippen MR) is 157 cm³/mol. The van der Waals surface area contributed by atoms with E-state index >= 15 is 0 Å². The number of halogens is 1. The normalized spacial score (nSPS) is 20.9. The number of benzene rings is 2. The summed E-state index contributed by atoms with van der Waals surface area (Å²) in [5, 5.41) is 3.70. The summed E-state index contributed by atoms with van der Waals surface area (Å²) in [6.45, 7) is 0.419. The maximum absolute atomic E-state index is 14.2. The van der Waals surface area contributed by atoms with E-state index in [-0.39, 0.29) is 30.3 Å². The van der Waals surface area contributed by atoms with Gasteiger partial charge in [0.25, 0.3) is 11.8 Å². The van der Waals surface area contributed by atoms with Crippen LogP contribution in [0.5, 0.6) is 0 Å². The maximum atomic E-state index is 14.2. The van der Waals surface area contributed by atoms with Crippen LogP contribution >= 0.6 is 11.6 Å². The standard InChI is InChI=1S/C31H37ClN5O4/c32-23-14-11-22(12-15-23)13-16-27(39)35-19-17-31(18-20-35)30(41)36(21-26(38)34-24-7-3-1-4-8-24)29(28(33)40)37(31)25-9-5-2-6-10-25/h2,5-6,9-12,14-16,24,29H,1,3-4,7-8,13,17-21H2,(H2,33,40)(H,34,38)/t29-/m0/s1. The van der Waals surface area contributed by atoms with Crippen LogP contribution in [-0.2, 0) is 25.6 Å². The van der Waals surface area contributed by atoms with Gasteiger partial charge >= 0.3 is 0 Å². The summed E-state index contributed by atoms with van der Waals surface area (Å²) in [6.07, 6.45) is 6.74. The number of nitrogens with two attached hydrogens (primary N) is 1. The Kier molecular flexibility index (Phi) is 8.82. The molecule has 3 aliphatic rings. The number of rotatable bonds is 8. The number of primary amides is 1. The molecule has 1 spiro atoms. The Bertz CT molecular complexity index is 1260. The highest BCUT2D eigenvalue weighted by Gasteiger charge is 2.60. The molecule has 2 heterocycles. The van der Waals surface area contributed by atoms with Crippen molar-refractivity contribution in [2.24, 2.45) is 5.73 Å². The lowest BCUT2D eigenvalue weighted by Gasteiger charge is -2.44. The minimum absolute atomic E-state index is 0.0820. The molecule has 2 aliphatic heterocycles. The zero-order valence-corrected chi connectivity index (χ0v) is 23.9. The van der Waals surface area contributed by atoms with Crippen LogP contribution in [0, 0.1) is 6.42 Å². The second-order valence-electron chi connectivity index (χ2n) is 11.2. The lowest BCUT2D eigenvalue weighted by atomic mass is 9.85. The maximum Gasteiger partial charge on any atom is 0.261 e. The number of nitrogens with zero attached hydrogens (tertiary/aromatic N) is 3. The molecule has 217 valence electrons. The molecule has 10 heteroatoms. The molecule has 3 fully saturated rings. The molecule has 9 nitrogen and oxygen atoms in total. The average Bonchev–Trinajstić information content (AvgIpc) is 3.21. The Morgan fingerprint density at radius 3 is 2.27 bits per heavy atom. The number of para-hydroxylation sites is 1. The molecule has 5 rings (SSSR count). The molecule has 1 atom stereocenters. The highest BCUT2D eigenvalue weighted by atomic mass is 35.5. The van der Waals surface area contributed by atoms with E-state index in [1.807, 2.05) is 42.5 Å². The lowest BCUT2D eigenvalue weighted by molar-refractivity contribution is -0.141. The molecule has 3 N–H and O–H groups in total. The second-order valence-corrected chi connectivity index (χ2v) is 11.6. The lowest BCUT2D eigenvalue weighted by Crippen LogP contribution is -2.59. The van der Waals surface area contributed by atoms with E-state index in [1.54, 1.807) is 28.4 Å². The van der Waals surface area contributed by atoms with E-state index in [0.717, 1.165) is 37.7 Å². The van der Waals surface area contributed by atoms with E-state index in [0.29, 0.717) is 43.1 Å². The molecular weight excluding hydrogens is 542 g/mol. The largest absolute Gasteiger partial charge is 0.366 e. The van der Waals surface area contributed by atoms with Crippen molar-refractivity contribution in [1.82, 2.24) is 15.1 Å². The van der Waals surface area contributed by atoms with Crippen LogP contribution < -0.4 is 16.0 Å². The monoisotopic (exact) mass is 578 g/mol. The molecule has 4 amide bonds. The number of piperidine rings is 1. The topological polar surface area (TPSA) is 116 Å². The molecule has 2 aromatic rings. The quantitative estimate of drug-likeness (QED) is 0.499. The first-order valence-corrected chi connectivity index (χ1v) is 14.8. The Balaban J connectivity index is 1.33. The minimum atomic E-state index is -1.11. The molecular formula is C31H37ClN5O4. The molecule has 0 bridgehead atoms. The summed E-state index contributed by atoms with van der Waals surface area (Å²) < 4.78 is 0. The van der Waals surface area contributed by atoms with Crippen molar-refractivity contribution >= 4 is 40.9 Å². The Morgan fingerprint density at radius 2 is 1.63 bits per heavy atom. The SMILES string of the molecule is NC(=O)[C@H]1N(CC(=O)NC2CCCCC2)C(=O)C2(CCN(C(=O)[CH]Cc3ccc(Cl)cc3)CC2)N1c1ccccc1. The van der Waals surface area contributed by atoms with Crippen molar-refractivity contribution in [3.8, 4) is 0 Å². The minimum Gasteiger partial charge on any atom is -0.366 e. The number of carbonyl (C=O) groups excluding carboxylic acids is 4. The van der Waals surface area contributed by atoms with Gasteiger partial charge in [-0.25, -0.2) is 0 Å². The van der Waals surface area contributed by atoms with Crippen molar-refractivity contribution in [3.05, 3.63) is 71.6 Å². The van der Waals surface area contributed by atoms with Crippen LogP contribution in [0.2, 0.25) is 5.02 Å². The van der Waals surface area contributed by atoms with Crippen LogP contribution in [0.25, 0.3) is 0 Å². The molecule has 2 saturated heterocycles. The van der Waals surface area contributed by atoms with Gasteiger partial charge in [0.15, 0.2) is 6.17 Å². The van der Waals surface area contributed by atoms with E-state index < -0.39 is 17.6 Å². The van der Waals surface area contributed by atoms with Gasteiger partial charge in [-0.3, -0.25) is 19.2 Å². The summed E-state index contributed by atoms with van der Waals surface area (Å²) in [5.74, 6) is -1.40. The summed E-state index contributed by atoms with van der Waals surface area (Å²) in [5.41, 5.74) is 6.48. The fraction of sp³-hybridized carbons (Fsp3) is 0.452. The third-order valence-corrected chi connectivity index (χ3v) is 8.81. The van der Waals surface area contributed by atoms with Gasteiger partial charge in [-0.15, -0.1) is 0 Å². The zero-order valence-electron chi connectivity index (χ0n) is 23.1. The summed E-state index contributed by atoms with van der Waals surface area (Å²) >= 11 is 5.96. The third-order valence-electron chi connectivity index (χ3n) is 8.56. The molecule has 41 heavy (non-hydrogen) atoms. The van der Waals surface area contributed by atoms with Crippen molar-refractivity contribution in [1.29, 1.82) is 0 Å². The summed E-state index contributed by atoms with van der Waals surface area (Å²) in [6, 6.07) is 16.7.